The molecule has 0 spiro atoms. The number of aromatic nitrogens is 1. The van der Waals surface area contributed by atoms with E-state index in [0.717, 1.165) is 0 Å². The van der Waals surface area contributed by atoms with Crippen LogP contribution in [0.15, 0.2) is 35.1 Å². The summed E-state index contributed by atoms with van der Waals surface area (Å²) in [5.74, 6) is -2.63. The third-order valence-corrected chi connectivity index (χ3v) is 3.17. The Balaban J connectivity index is 2.33. The fraction of sp³-hybridized carbons (Fsp3) is 0.308. The second kappa shape index (κ2) is 5.54. The Bertz CT molecular complexity index is 547. The zero-order valence-corrected chi connectivity index (χ0v) is 12.1. The largest absolute Gasteiger partial charge is 0.419 e. The van der Waals surface area contributed by atoms with Crippen LogP contribution in [0.1, 0.15) is 13.8 Å². The minimum Gasteiger partial charge on any atom is -0.419 e. The third-order valence-electron chi connectivity index (χ3n) is 2.45. The summed E-state index contributed by atoms with van der Waals surface area (Å²) in [5, 5.41) is 3.36. The summed E-state index contributed by atoms with van der Waals surface area (Å²) < 4.78 is 10.1. The van der Waals surface area contributed by atoms with Crippen LogP contribution in [-0.2, 0) is 19.1 Å². The number of anilines is 1. The molecule has 6 nitrogen and oxygen atoms in total. The van der Waals surface area contributed by atoms with Crippen molar-refractivity contribution < 1.29 is 19.1 Å². The topological polar surface area (TPSA) is 77.5 Å². The number of pyridine rings is 1. The molecule has 1 fully saturated rings. The molecule has 0 aliphatic carbocycles. The molecule has 0 amide bonds. The third kappa shape index (κ3) is 3.11. The number of rotatable bonds is 3. The van der Waals surface area contributed by atoms with Gasteiger partial charge in [-0.1, -0.05) is 0 Å². The van der Waals surface area contributed by atoms with E-state index >= 15 is 0 Å². The molecule has 2 heterocycles. The number of thioether (sulfide) groups is 1. The molecule has 1 aliphatic heterocycles. The average Bonchev–Trinajstić information content (AvgIpc) is 2.36. The fourth-order valence-electron chi connectivity index (χ4n) is 1.62. The molecular formula is C13H14N2O4S. The molecular weight excluding hydrogens is 280 g/mol. The Labute approximate surface area is 120 Å². The molecule has 1 N–H and O–H groups in total. The molecule has 106 valence electrons. The normalized spacial score (nSPS) is 17.2. The molecule has 1 aromatic rings. The van der Waals surface area contributed by atoms with Gasteiger partial charge in [-0.2, -0.15) is 0 Å². The van der Waals surface area contributed by atoms with Gasteiger partial charge in [0.05, 0.1) is 5.03 Å². The van der Waals surface area contributed by atoms with E-state index in [1.54, 1.807) is 30.8 Å². The number of hydrogen-bond acceptors (Lipinski definition) is 7. The molecule has 1 saturated heterocycles. The lowest BCUT2D eigenvalue weighted by atomic mass is 10.2. The SMILES string of the molecule is CSC(Nc1ccncc1)=C1C(=O)OC(C)(C)OC1=O. The summed E-state index contributed by atoms with van der Waals surface area (Å²) >= 11 is 1.23. The summed E-state index contributed by atoms with van der Waals surface area (Å²) in [4.78, 5) is 27.8. The highest BCUT2D eigenvalue weighted by Crippen LogP contribution is 2.28. The van der Waals surface area contributed by atoms with Crippen LogP contribution in [0.5, 0.6) is 0 Å². The van der Waals surface area contributed by atoms with E-state index in [2.05, 4.69) is 10.3 Å². The smallest absolute Gasteiger partial charge is 0.351 e. The van der Waals surface area contributed by atoms with Crippen molar-refractivity contribution in [2.45, 2.75) is 19.6 Å². The number of carbonyl (C=O) groups is 2. The van der Waals surface area contributed by atoms with Crippen molar-refractivity contribution >= 4 is 29.4 Å². The zero-order chi connectivity index (χ0) is 14.8. The van der Waals surface area contributed by atoms with Gasteiger partial charge in [-0.05, 0) is 18.4 Å². The maximum Gasteiger partial charge on any atom is 0.351 e. The van der Waals surface area contributed by atoms with Crippen LogP contribution in [-0.4, -0.2) is 29.0 Å². The Kier molecular flexibility index (Phi) is 3.99. The Hall–Kier alpha value is -2.02. The molecule has 0 atom stereocenters. The van der Waals surface area contributed by atoms with E-state index in [9.17, 15) is 9.59 Å². The van der Waals surface area contributed by atoms with Crippen LogP contribution in [0, 0.1) is 0 Å². The van der Waals surface area contributed by atoms with E-state index in [-0.39, 0.29) is 5.57 Å². The van der Waals surface area contributed by atoms with E-state index in [1.807, 2.05) is 0 Å². The van der Waals surface area contributed by atoms with Crippen LogP contribution in [0.25, 0.3) is 0 Å². The number of nitrogens with one attached hydrogen (secondary N) is 1. The van der Waals surface area contributed by atoms with Gasteiger partial charge in [0.1, 0.15) is 0 Å². The Morgan fingerprint density at radius 1 is 1.20 bits per heavy atom. The molecule has 0 unspecified atom stereocenters. The minimum absolute atomic E-state index is 0.131. The van der Waals surface area contributed by atoms with Crippen LogP contribution in [0.3, 0.4) is 0 Å². The van der Waals surface area contributed by atoms with Gasteiger partial charge in [0.15, 0.2) is 5.57 Å². The molecule has 2 rings (SSSR count). The van der Waals surface area contributed by atoms with Gasteiger partial charge < -0.3 is 14.8 Å². The minimum atomic E-state index is -1.24. The number of carbonyl (C=O) groups excluding carboxylic acids is 2. The maximum atomic E-state index is 12.0. The number of esters is 2. The number of ether oxygens (including phenoxy) is 2. The zero-order valence-electron chi connectivity index (χ0n) is 11.3. The first kappa shape index (κ1) is 14.4. The van der Waals surface area contributed by atoms with Gasteiger partial charge in [0, 0.05) is 31.9 Å². The Morgan fingerprint density at radius 2 is 1.75 bits per heavy atom. The molecule has 0 bridgehead atoms. The van der Waals surface area contributed by atoms with E-state index in [0.29, 0.717) is 10.7 Å². The quantitative estimate of drug-likeness (QED) is 0.518. The molecule has 7 heteroatoms. The second-order valence-electron chi connectivity index (χ2n) is 4.45. The van der Waals surface area contributed by atoms with Crippen LogP contribution >= 0.6 is 11.8 Å². The van der Waals surface area contributed by atoms with Gasteiger partial charge in [-0.25, -0.2) is 9.59 Å². The highest BCUT2D eigenvalue weighted by molar-refractivity contribution is 8.02. The summed E-state index contributed by atoms with van der Waals surface area (Å²) in [6.45, 7) is 3.02. The second-order valence-corrected chi connectivity index (χ2v) is 5.26. The van der Waals surface area contributed by atoms with Crippen molar-refractivity contribution in [2.75, 3.05) is 11.6 Å². The number of hydrogen-bond donors (Lipinski definition) is 1. The van der Waals surface area contributed by atoms with Gasteiger partial charge in [-0.15, -0.1) is 11.8 Å². The van der Waals surface area contributed by atoms with E-state index in [1.165, 1.54) is 25.6 Å². The lowest BCUT2D eigenvalue weighted by Crippen LogP contribution is -2.42. The number of cyclic esters (lactones) is 2. The summed E-state index contributed by atoms with van der Waals surface area (Å²) in [7, 11) is 0. The van der Waals surface area contributed by atoms with E-state index < -0.39 is 17.7 Å². The molecule has 0 radical (unpaired) electrons. The monoisotopic (exact) mass is 294 g/mol. The Morgan fingerprint density at radius 3 is 2.25 bits per heavy atom. The van der Waals surface area contributed by atoms with Gasteiger partial charge >= 0.3 is 11.9 Å². The van der Waals surface area contributed by atoms with Crippen LogP contribution < -0.4 is 5.32 Å². The molecule has 0 aromatic carbocycles. The maximum absolute atomic E-state index is 12.0. The van der Waals surface area contributed by atoms with Crippen molar-refractivity contribution in [3.05, 3.63) is 35.1 Å². The summed E-state index contributed by atoms with van der Waals surface area (Å²) in [6.07, 6.45) is 4.95. The lowest BCUT2D eigenvalue weighted by molar-refractivity contribution is -0.222. The summed E-state index contributed by atoms with van der Waals surface area (Å²) in [6, 6.07) is 3.44. The van der Waals surface area contributed by atoms with E-state index in [4.69, 9.17) is 9.47 Å². The first-order valence-corrected chi connectivity index (χ1v) is 7.07. The van der Waals surface area contributed by atoms with Gasteiger partial charge in [0.25, 0.3) is 5.79 Å². The highest BCUT2D eigenvalue weighted by atomic mass is 32.2. The first-order valence-electron chi connectivity index (χ1n) is 5.85. The predicted octanol–water partition coefficient (Wildman–Crippen LogP) is 1.90. The van der Waals surface area contributed by atoms with Crippen molar-refractivity contribution in [1.29, 1.82) is 0 Å². The predicted molar refractivity (Wildman–Crippen MR) is 74.7 cm³/mol. The standard InChI is InChI=1S/C13H14N2O4S/c1-13(2)18-11(16)9(12(17)19-13)10(20-3)15-8-4-6-14-7-5-8/h4-7H,1-3H3,(H,14,15). The van der Waals surface area contributed by atoms with Crippen molar-refractivity contribution in [1.82, 2.24) is 4.98 Å². The van der Waals surface area contributed by atoms with Gasteiger partial charge in [0.2, 0.25) is 0 Å². The van der Waals surface area contributed by atoms with Crippen molar-refractivity contribution in [3.63, 3.8) is 0 Å². The van der Waals surface area contributed by atoms with Crippen molar-refractivity contribution in [2.24, 2.45) is 0 Å². The summed E-state index contributed by atoms with van der Waals surface area (Å²) in [5.41, 5.74) is 0.580. The highest BCUT2D eigenvalue weighted by Gasteiger charge is 2.41. The fourth-order valence-corrected chi connectivity index (χ4v) is 2.21. The molecule has 1 aromatic heterocycles. The first-order chi connectivity index (χ1) is 9.43. The van der Waals surface area contributed by atoms with Crippen molar-refractivity contribution in [3.8, 4) is 0 Å². The van der Waals surface area contributed by atoms with Crippen LogP contribution in [0.2, 0.25) is 0 Å². The molecule has 0 saturated carbocycles. The molecule has 20 heavy (non-hydrogen) atoms. The average molecular weight is 294 g/mol. The molecule has 1 aliphatic rings. The van der Waals surface area contributed by atoms with Crippen LogP contribution in [0.4, 0.5) is 5.69 Å². The number of nitrogens with zero attached hydrogens (tertiary/aromatic N) is 1. The lowest BCUT2D eigenvalue weighted by Gasteiger charge is -2.30. The van der Waals surface area contributed by atoms with Gasteiger partial charge in [-0.3, -0.25) is 4.98 Å².